The molecule has 0 amide bonds. The minimum Gasteiger partial charge on any atom is -0.465 e. The first kappa shape index (κ1) is 14.8. The largest absolute Gasteiger partial charge is 0.465 e. The maximum Gasteiger partial charge on any atom is 0.340 e. The summed E-state index contributed by atoms with van der Waals surface area (Å²) >= 11 is 0. The fraction of sp³-hybridized carbons (Fsp3) is 0.188. The van der Waals surface area contributed by atoms with Crippen LogP contribution >= 0.6 is 0 Å². The molecule has 0 aliphatic heterocycles. The molecule has 0 fully saturated rings. The van der Waals surface area contributed by atoms with Gasteiger partial charge in [-0.2, -0.15) is 0 Å². The molecule has 0 aliphatic carbocycles. The van der Waals surface area contributed by atoms with Crippen molar-refractivity contribution in [1.82, 2.24) is 0 Å². The van der Waals surface area contributed by atoms with Crippen LogP contribution in [-0.4, -0.2) is 13.1 Å². The topological polar surface area (TPSA) is 61.5 Å². The first-order valence-electron chi connectivity index (χ1n) is 6.35. The van der Waals surface area contributed by atoms with Gasteiger partial charge >= 0.3 is 5.97 Å². The second-order valence-electron chi connectivity index (χ2n) is 4.66. The van der Waals surface area contributed by atoms with Crippen LogP contribution < -0.4 is 10.5 Å². The van der Waals surface area contributed by atoms with Crippen molar-refractivity contribution < 1.29 is 18.7 Å². The lowest BCUT2D eigenvalue weighted by Crippen LogP contribution is -2.07. The fourth-order valence-electron chi connectivity index (χ4n) is 1.89. The maximum atomic E-state index is 14.0. The van der Waals surface area contributed by atoms with E-state index in [1.165, 1.54) is 13.2 Å². The lowest BCUT2D eigenvalue weighted by atomic mass is 10.1. The van der Waals surface area contributed by atoms with Crippen molar-refractivity contribution in [3.8, 4) is 11.5 Å². The fourth-order valence-corrected chi connectivity index (χ4v) is 1.89. The van der Waals surface area contributed by atoms with Crippen LogP contribution in [0.5, 0.6) is 11.5 Å². The van der Waals surface area contributed by atoms with E-state index in [0.717, 1.165) is 17.2 Å². The van der Waals surface area contributed by atoms with Gasteiger partial charge in [0.15, 0.2) is 11.6 Å². The Hall–Kier alpha value is -2.56. The predicted molar refractivity (Wildman–Crippen MR) is 78.1 cm³/mol. The number of nitrogens with two attached hydrogens (primary N) is 1. The molecule has 0 unspecified atom stereocenters. The molecule has 0 aliphatic rings. The van der Waals surface area contributed by atoms with Gasteiger partial charge in [-0.15, -0.1) is 0 Å². The Morgan fingerprint density at radius 1 is 1.19 bits per heavy atom. The van der Waals surface area contributed by atoms with E-state index in [2.05, 4.69) is 4.74 Å². The highest BCUT2D eigenvalue weighted by atomic mass is 19.1. The summed E-state index contributed by atoms with van der Waals surface area (Å²) in [4.78, 5) is 11.6. The second kappa shape index (κ2) is 5.83. The smallest absolute Gasteiger partial charge is 0.340 e. The molecule has 0 saturated carbocycles. The average Bonchev–Trinajstić information content (AvgIpc) is 2.45. The lowest BCUT2D eigenvalue weighted by molar-refractivity contribution is 0.0601. The van der Waals surface area contributed by atoms with E-state index >= 15 is 0 Å². The van der Waals surface area contributed by atoms with E-state index in [0.29, 0.717) is 5.75 Å². The van der Waals surface area contributed by atoms with Crippen molar-refractivity contribution in [3.63, 3.8) is 0 Å². The molecule has 4 nitrogen and oxygen atoms in total. The number of nitrogen functional groups attached to an aromatic ring is 1. The zero-order chi connectivity index (χ0) is 15.6. The highest BCUT2D eigenvalue weighted by molar-refractivity contribution is 5.95. The monoisotopic (exact) mass is 289 g/mol. The van der Waals surface area contributed by atoms with Gasteiger partial charge in [-0.1, -0.05) is 12.1 Å². The van der Waals surface area contributed by atoms with Gasteiger partial charge < -0.3 is 15.2 Å². The molecule has 2 aromatic carbocycles. The molecule has 5 heteroatoms. The Labute approximate surface area is 122 Å². The SMILES string of the molecule is COC(=O)c1cc(Oc2cccc(C)c2C)c(F)cc1N. The molecular formula is C16H16FNO3. The number of hydrogen-bond acceptors (Lipinski definition) is 4. The van der Waals surface area contributed by atoms with Crippen molar-refractivity contribution in [2.24, 2.45) is 0 Å². The Bertz CT molecular complexity index is 698. The predicted octanol–water partition coefficient (Wildman–Crippen LogP) is 3.60. The van der Waals surface area contributed by atoms with E-state index in [-0.39, 0.29) is 17.0 Å². The van der Waals surface area contributed by atoms with E-state index < -0.39 is 11.8 Å². The molecule has 0 bridgehead atoms. The van der Waals surface area contributed by atoms with Gasteiger partial charge in [0, 0.05) is 17.8 Å². The first-order chi connectivity index (χ1) is 9.93. The molecule has 2 aromatic rings. The Balaban J connectivity index is 2.44. The molecule has 110 valence electrons. The van der Waals surface area contributed by atoms with Gasteiger partial charge in [0.1, 0.15) is 5.75 Å². The number of aryl methyl sites for hydroxylation is 1. The van der Waals surface area contributed by atoms with Crippen molar-refractivity contribution in [1.29, 1.82) is 0 Å². The third-order valence-corrected chi connectivity index (χ3v) is 3.28. The van der Waals surface area contributed by atoms with E-state index in [9.17, 15) is 9.18 Å². The second-order valence-corrected chi connectivity index (χ2v) is 4.66. The summed E-state index contributed by atoms with van der Waals surface area (Å²) in [6.45, 7) is 3.81. The highest BCUT2D eigenvalue weighted by Crippen LogP contribution is 2.31. The lowest BCUT2D eigenvalue weighted by Gasteiger charge is -2.13. The molecule has 0 atom stereocenters. The third-order valence-electron chi connectivity index (χ3n) is 3.28. The number of anilines is 1. The zero-order valence-electron chi connectivity index (χ0n) is 12.1. The normalized spacial score (nSPS) is 10.3. The van der Waals surface area contributed by atoms with E-state index in [1.807, 2.05) is 26.0 Å². The average molecular weight is 289 g/mol. The summed E-state index contributed by atoms with van der Waals surface area (Å²) in [6, 6.07) is 7.77. The number of carbonyl (C=O) groups is 1. The molecule has 0 spiro atoms. The van der Waals surface area contributed by atoms with Crippen molar-refractivity contribution >= 4 is 11.7 Å². The number of benzene rings is 2. The maximum absolute atomic E-state index is 14.0. The van der Waals surface area contributed by atoms with Gasteiger partial charge in [-0.05, 0) is 31.0 Å². The van der Waals surface area contributed by atoms with E-state index in [1.54, 1.807) is 6.07 Å². The van der Waals surface area contributed by atoms with Crippen molar-refractivity contribution in [2.75, 3.05) is 12.8 Å². The third kappa shape index (κ3) is 2.97. The van der Waals surface area contributed by atoms with Gasteiger partial charge in [0.05, 0.1) is 12.7 Å². The summed E-state index contributed by atoms with van der Waals surface area (Å²) in [7, 11) is 1.23. The molecule has 0 aromatic heterocycles. The van der Waals surface area contributed by atoms with Gasteiger partial charge in [-0.3, -0.25) is 0 Å². The highest BCUT2D eigenvalue weighted by Gasteiger charge is 2.16. The summed E-state index contributed by atoms with van der Waals surface area (Å²) in [5.41, 5.74) is 7.61. The van der Waals surface area contributed by atoms with Crippen molar-refractivity contribution in [3.05, 3.63) is 52.8 Å². The molecule has 0 radical (unpaired) electrons. The van der Waals surface area contributed by atoms with Crippen molar-refractivity contribution in [2.45, 2.75) is 13.8 Å². The minimum atomic E-state index is -0.640. The van der Waals surface area contributed by atoms with Crippen LogP contribution in [0.25, 0.3) is 0 Å². The molecule has 21 heavy (non-hydrogen) atoms. The van der Waals surface area contributed by atoms with Gasteiger partial charge in [0.25, 0.3) is 0 Å². The van der Waals surface area contributed by atoms with E-state index in [4.69, 9.17) is 10.5 Å². The molecule has 2 N–H and O–H groups in total. The Morgan fingerprint density at radius 2 is 1.90 bits per heavy atom. The van der Waals surface area contributed by atoms with Crippen LogP contribution in [0.1, 0.15) is 21.5 Å². The van der Waals surface area contributed by atoms with Crippen LogP contribution in [0.2, 0.25) is 0 Å². The first-order valence-corrected chi connectivity index (χ1v) is 6.35. The number of halogens is 1. The van der Waals surface area contributed by atoms with Crippen LogP contribution in [0.4, 0.5) is 10.1 Å². The number of hydrogen-bond donors (Lipinski definition) is 1. The number of carbonyl (C=O) groups excluding carboxylic acids is 1. The summed E-state index contributed by atoms with van der Waals surface area (Å²) in [5, 5.41) is 0. The Morgan fingerprint density at radius 3 is 2.57 bits per heavy atom. The van der Waals surface area contributed by atoms with Crippen LogP contribution in [0.15, 0.2) is 30.3 Å². The quantitative estimate of drug-likeness (QED) is 0.692. The molecule has 0 heterocycles. The van der Waals surface area contributed by atoms with Crippen LogP contribution in [-0.2, 0) is 4.74 Å². The summed E-state index contributed by atoms with van der Waals surface area (Å²) < 4.78 is 24.1. The minimum absolute atomic E-state index is 0.00710. The number of ether oxygens (including phenoxy) is 2. The Kier molecular flexibility index (Phi) is 4.12. The van der Waals surface area contributed by atoms with Gasteiger partial charge in [0.2, 0.25) is 0 Å². The molecular weight excluding hydrogens is 273 g/mol. The van der Waals surface area contributed by atoms with Gasteiger partial charge in [-0.25, -0.2) is 9.18 Å². The standard InChI is InChI=1S/C16H16FNO3/c1-9-5-4-6-14(10(9)2)21-15-7-11(16(19)20-3)13(18)8-12(15)17/h4-8H,18H2,1-3H3. The summed E-state index contributed by atoms with van der Waals surface area (Å²) in [6.07, 6.45) is 0. The van der Waals surface area contributed by atoms with Crippen LogP contribution in [0, 0.1) is 19.7 Å². The zero-order valence-corrected chi connectivity index (χ0v) is 12.1. The number of rotatable bonds is 3. The number of esters is 1. The molecule has 0 saturated heterocycles. The summed E-state index contributed by atoms with van der Waals surface area (Å²) in [5.74, 6) is -0.827. The molecule has 2 rings (SSSR count). The van der Waals surface area contributed by atoms with Crippen LogP contribution in [0.3, 0.4) is 0 Å². The number of methoxy groups -OCH3 is 1.